The minimum absolute atomic E-state index is 0.104. The monoisotopic (exact) mass is 1370 g/mol. The van der Waals surface area contributed by atoms with E-state index in [1.54, 1.807) is 0 Å². The van der Waals surface area contributed by atoms with Crippen LogP contribution in [0.1, 0.15) is 388 Å². The Labute approximate surface area is 568 Å². The molecule has 0 rings (SSSR count). The maximum Gasteiger partial charge on any atom is 0.472 e. The molecule has 3 N–H and O–H groups in total. The van der Waals surface area contributed by atoms with Crippen molar-refractivity contribution in [1.29, 1.82) is 0 Å². The number of ether oxygens (including phenoxy) is 4. The normalized spacial score (nSPS) is 14.3. The lowest BCUT2D eigenvalue weighted by atomic mass is 9.99. The van der Waals surface area contributed by atoms with E-state index in [1.165, 1.54) is 205 Å². The van der Waals surface area contributed by atoms with Gasteiger partial charge in [-0.15, -0.1) is 0 Å². The molecular weight excluding hydrogens is 1220 g/mol. The summed E-state index contributed by atoms with van der Waals surface area (Å²) in [5.41, 5.74) is 0. The van der Waals surface area contributed by atoms with Gasteiger partial charge in [-0.3, -0.25) is 37.3 Å². The summed E-state index contributed by atoms with van der Waals surface area (Å²) in [5.74, 6) is -1.36. The first-order valence-corrected chi connectivity index (χ1v) is 41.7. The van der Waals surface area contributed by atoms with Crippen LogP contribution in [0.15, 0.2) is 0 Å². The number of hydrogen-bond donors (Lipinski definition) is 3. The Hall–Kier alpha value is -1.94. The Morgan fingerprint density at radius 1 is 0.301 bits per heavy atom. The van der Waals surface area contributed by atoms with Crippen LogP contribution in [0, 0.1) is 5.92 Å². The molecule has 0 spiro atoms. The molecule has 6 atom stereocenters. The highest BCUT2D eigenvalue weighted by molar-refractivity contribution is 7.47. The maximum atomic E-state index is 13.1. The number of unbranched alkanes of at least 4 members (excludes halogenated alkanes) is 45. The summed E-state index contributed by atoms with van der Waals surface area (Å²) in [6.45, 7) is 7.18. The minimum Gasteiger partial charge on any atom is -0.462 e. The molecule has 0 bridgehead atoms. The first-order valence-electron chi connectivity index (χ1n) is 38.7. The predicted octanol–water partition coefficient (Wildman–Crippen LogP) is 21.7. The van der Waals surface area contributed by atoms with Gasteiger partial charge >= 0.3 is 39.5 Å². The standard InChI is InChI=1S/C74H144O17P2/c1-6-10-13-16-18-20-22-24-26-28-29-30-31-33-35-37-39-44-49-54-59-73(78)91-70(64-85-72(77)58-53-48-43-38-36-34-32-27-25-23-21-19-17-14-11-7-2)66-89-93(82,83)87-62-68(75)61-86-92(80,81)88-65-69(63-84-71(76)57-52-46-15-12-8-3)90-74(79)60-55-50-45-41-40-42-47-51-56-67(5)9-4/h67-70,75H,6-66H2,1-5H3,(H,80,81)(H,82,83)/t67?,68-,69+,70+/m0/s1. The lowest BCUT2D eigenvalue weighted by Gasteiger charge is -2.21. The van der Waals surface area contributed by atoms with Gasteiger partial charge in [-0.2, -0.15) is 0 Å². The van der Waals surface area contributed by atoms with Crippen LogP contribution in [-0.2, 0) is 65.4 Å². The van der Waals surface area contributed by atoms with Gasteiger partial charge in [0.15, 0.2) is 12.2 Å². The first kappa shape index (κ1) is 91.1. The molecule has 3 unspecified atom stereocenters. The Morgan fingerprint density at radius 2 is 0.516 bits per heavy atom. The summed E-state index contributed by atoms with van der Waals surface area (Å²) < 4.78 is 68.2. The molecule has 0 saturated heterocycles. The number of carbonyl (C=O) groups excluding carboxylic acids is 4. The highest BCUT2D eigenvalue weighted by Crippen LogP contribution is 2.45. The third-order valence-electron chi connectivity index (χ3n) is 17.6. The van der Waals surface area contributed by atoms with E-state index in [2.05, 4.69) is 34.6 Å². The molecule has 552 valence electrons. The van der Waals surface area contributed by atoms with E-state index in [0.717, 1.165) is 102 Å². The highest BCUT2D eigenvalue weighted by atomic mass is 31.2. The number of phosphoric acid groups is 2. The molecule has 0 aliphatic heterocycles. The second-order valence-corrected chi connectivity index (χ2v) is 29.8. The fourth-order valence-corrected chi connectivity index (χ4v) is 12.9. The topological polar surface area (TPSA) is 237 Å². The molecule has 0 aliphatic carbocycles. The van der Waals surface area contributed by atoms with Gasteiger partial charge in [-0.05, 0) is 31.6 Å². The van der Waals surface area contributed by atoms with Crippen molar-refractivity contribution in [1.82, 2.24) is 0 Å². The molecule has 17 nitrogen and oxygen atoms in total. The molecule has 0 heterocycles. The van der Waals surface area contributed by atoms with E-state index >= 15 is 0 Å². The smallest absolute Gasteiger partial charge is 0.462 e. The third-order valence-corrected chi connectivity index (χ3v) is 19.5. The molecule has 0 saturated carbocycles. The van der Waals surface area contributed by atoms with E-state index in [-0.39, 0.29) is 25.7 Å². The van der Waals surface area contributed by atoms with Gasteiger partial charge in [0.1, 0.15) is 19.3 Å². The lowest BCUT2D eigenvalue weighted by molar-refractivity contribution is -0.161. The molecule has 0 radical (unpaired) electrons. The Bertz CT molecular complexity index is 1790. The summed E-state index contributed by atoms with van der Waals surface area (Å²) in [7, 11) is -9.90. The van der Waals surface area contributed by atoms with Gasteiger partial charge in [0.25, 0.3) is 0 Å². The van der Waals surface area contributed by atoms with Crippen LogP contribution in [0.4, 0.5) is 0 Å². The molecular formula is C74H144O17P2. The largest absolute Gasteiger partial charge is 0.472 e. The van der Waals surface area contributed by atoms with Crippen molar-refractivity contribution in [2.45, 2.75) is 406 Å². The Morgan fingerprint density at radius 3 is 0.763 bits per heavy atom. The number of aliphatic hydroxyl groups excluding tert-OH is 1. The van der Waals surface area contributed by atoms with Gasteiger partial charge in [0.2, 0.25) is 0 Å². The average Bonchev–Trinajstić information content (AvgIpc) is 3.05. The molecule has 0 aromatic heterocycles. The predicted molar refractivity (Wildman–Crippen MR) is 377 cm³/mol. The molecule has 0 aromatic rings. The van der Waals surface area contributed by atoms with E-state index < -0.39 is 97.5 Å². The van der Waals surface area contributed by atoms with Crippen molar-refractivity contribution in [3.8, 4) is 0 Å². The van der Waals surface area contributed by atoms with E-state index in [1.807, 2.05) is 0 Å². The van der Waals surface area contributed by atoms with E-state index in [4.69, 9.17) is 37.0 Å². The van der Waals surface area contributed by atoms with Crippen molar-refractivity contribution >= 4 is 39.5 Å². The zero-order chi connectivity index (χ0) is 68.4. The van der Waals surface area contributed by atoms with Gasteiger partial charge < -0.3 is 33.8 Å². The average molecular weight is 1370 g/mol. The SMILES string of the molecule is CCCCCCCCCCCCCCCCCCCCCCC(=O)O[C@H](COC(=O)CCCCCCCCCCCCCCCCCC)COP(=O)(O)OC[C@@H](O)COP(=O)(O)OC[C@@H](COC(=O)CCCCCCC)OC(=O)CCCCCCCCCCC(C)CC. The van der Waals surface area contributed by atoms with Crippen molar-refractivity contribution in [3.05, 3.63) is 0 Å². The van der Waals surface area contributed by atoms with Gasteiger partial charge in [0, 0.05) is 25.7 Å². The van der Waals surface area contributed by atoms with E-state index in [9.17, 15) is 43.2 Å². The van der Waals surface area contributed by atoms with Crippen LogP contribution in [0.3, 0.4) is 0 Å². The molecule has 0 amide bonds. The fourth-order valence-electron chi connectivity index (χ4n) is 11.3. The maximum absolute atomic E-state index is 13.1. The number of hydrogen-bond acceptors (Lipinski definition) is 15. The van der Waals surface area contributed by atoms with Crippen LogP contribution in [0.2, 0.25) is 0 Å². The summed E-state index contributed by atoms with van der Waals surface area (Å²) in [4.78, 5) is 72.4. The van der Waals surface area contributed by atoms with Crippen molar-refractivity contribution in [2.75, 3.05) is 39.6 Å². The quantitative estimate of drug-likeness (QED) is 0.0222. The summed E-state index contributed by atoms with van der Waals surface area (Å²) in [6.07, 6.45) is 56.0. The number of carbonyl (C=O) groups is 4. The third kappa shape index (κ3) is 67.0. The number of rotatable bonds is 74. The van der Waals surface area contributed by atoms with Crippen molar-refractivity contribution < 1.29 is 80.2 Å². The van der Waals surface area contributed by atoms with Crippen molar-refractivity contribution in [3.63, 3.8) is 0 Å². The summed E-state index contributed by atoms with van der Waals surface area (Å²) >= 11 is 0. The molecule has 0 fully saturated rings. The second kappa shape index (κ2) is 67.3. The molecule has 93 heavy (non-hydrogen) atoms. The number of phosphoric ester groups is 2. The lowest BCUT2D eigenvalue weighted by Crippen LogP contribution is -2.30. The molecule has 0 aromatic carbocycles. The second-order valence-electron chi connectivity index (χ2n) is 26.9. The first-order chi connectivity index (χ1) is 45.1. The van der Waals surface area contributed by atoms with Gasteiger partial charge in [-0.25, -0.2) is 9.13 Å². The zero-order valence-corrected chi connectivity index (χ0v) is 62.2. The van der Waals surface area contributed by atoms with Crippen LogP contribution in [-0.4, -0.2) is 96.7 Å². The number of esters is 4. The minimum atomic E-state index is -4.95. The van der Waals surface area contributed by atoms with Gasteiger partial charge in [-0.1, -0.05) is 336 Å². The summed E-state index contributed by atoms with van der Waals surface area (Å²) in [6, 6.07) is 0. The zero-order valence-electron chi connectivity index (χ0n) is 60.4. The highest BCUT2D eigenvalue weighted by Gasteiger charge is 2.30. The van der Waals surface area contributed by atoms with Crippen LogP contribution in [0.5, 0.6) is 0 Å². The van der Waals surface area contributed by atoms with Crippen LogP contribution < -0.4 is 0 Å². The Balaban J connectivity index is 5.14. The summed E-state index contributed by atoms with van der Waals surface area (Å²) in [5, 5.41) is 10.6. The van der Waals surface area contributed by atoms with Crippen LogP contribution in [0.25, 0.3) is 0 Å². The Kier molecular flexibility index (Phi) is 65.9. The van der Waals surface area contributed by atoms with Crippen LogP contribution >= 0.6 is 15.6 Å². The van der Waals surface area contributed by atoms with E-state index in [0.29, 0.717) is 25.7 Å². The number of aliphatic hydroxyl groups is 1. The fraction of sp³-hybridized carbons (Fsp3) is 0.946. The molecule has 0 aliphatic rings. The van der Waals surface area contributed by atoms with Crippen molar-refractivity contribution in [2.24, 2.45) is 5.92 Å². The molecule has 19 heteroatoms. The van der Waals surface area contributed by atoms with Gasteiger partial charge in [0.05, 0.1) is 26.4 Å².